The van der Waals surface area contributed by atoms with E-state index in [2.05, 4.69) is 45.8 Å². The summed E-state index contributed by atoms with van der Waals surface area (Å²) in [6, 6.07) is 15.5. The highest BCUT2D eigenvalue weighted by atomic mass is 16.1. The van der Waals surface area contributed by atoms with Crippen LogP contribution in [0.25, 0.3) is 0 Å². The minimum absolute atomic E-state index is 0.112. The second-order valence-electron chi connectivity index (χ2n) is 6.48. The van der Waals surface area contributed by atoms with Gasteiger partial charge in [0.25, 0.3) is 0 Å². The summed E-state index contributed by atoms with van der Waals surface area (Å²) >= 11 is 0. The van der Waals surface area contributed by atoms with E-state index in [-0.39, 0.29) is 5.91 Å². The van der Waals surface area contributed by atoms with Crippen LogP contribution in [0.4, 0.5) is 28.8 Å². The number of hydrogen-bond acceptors (Lipinski definition) is 5. The maximum Gasteiger partial charge on any atom is 0.229 e. The molecule has 0 radical (unpaired) electrons. The summed E-state index contributed by atoms with van der Waals surface area (Å²) in [6.07, 6.45) is 0. The average molecular weight is 361 g/mol. The first kappa shape index (κ1) is 18.4. The van der Waals surface area contributed by atoms with Gasteiger partial charge in [0.15, 0.2) is 0 Å². The first-order valence-corrected chi connectivity index (χ1v) is 8.74. The molecule has 0 unspecified atom stereocenters. The number of carbonyl (C=O) groups is 1. The fraction of sp³-hybridized carbons (Fsp3) is 0.190. The largest absolute Gasteiger partial charge is 0.340 e. The number of rotatable bonds is 5. The van der Waals surface area contributed by atoms with Gasteiger partial charge in [-0.3, -0.25) is 4.79 Å². The molecule has 0 aliphatic heterocycles. The molecule has 0 aliphatic rings. The molecule has 1 aromatic heterocycles. The molecule has 3 N–H and O–H groups in total. The van der Waals surface area contributed by atoms with Crippen LogP contribution >= 0.6 is 0 Å². The molecular weight excluding hydrogens is 338 g/mol. The molecule has 1 amide bonds. The molecule has 27 heavy (non-hydrogen) atoms. The Balaban J connectivity index is 1.83. The van der Waals surface area contributed by atoms with Crippen molar-refractivity contribution in [3.63, 3.8) is 0 Å². The second-order valence-corrected chi connectivity index (χ2v) is 6.48. The molecule has 0 spiro atoms. The first-order chi connectivity index (χ1) is 12.9. The number of amides is 1. The highest BCUT2D eigenvalue weighted by molar-refractivity contribution is 5.89. The Morgan fingerprint density at radius 3 is 2.41 bits per heavy atom. The van der Waals surface area contributed by atoms with Crippen LogP contribution in [0, 0.1) is 20.8 Å². The van der Waals surface area contributed by atoms with Crippen LogP contribution in [0.15, 0.2) is 48.5 Å². The van der Waals surface area contributed by atoms with Crippen LogP contribution < -0.4 is 16.0 Å². The lowest BCUT2D eigenvalue weighted by molar-refractivity contribution is -0.114. The zero-order valence-electron chi connectivity index (χ0n) is 15.9. The van der Waals surface area contributed by atoms with Crippen LogP contribution in [0.2, 0.25) is 0 Å². The highest BCUT2D eigenvalue weighted by Gasteiger charge is 2.07. The Labute approximate surface area is 159 Å². The van der Waals surface area contributed by atoms with Gasteiger partial charge < -0.3 is 16.0 Å². The third kappa shape index (κ3) is 4.82. The van der Waals surface area contributed by atoms with Gasteiger partial charge in [-0.2, -0.15) is 4.98 Å². The van der Waals surface area contributed by atoms with Gasteiger partial charge in [-0.15, -0.1) is 0 Å². The van der Waals surface area contributed by atoms with E-state index in [9.17, 15) is 4.79 Å². The van der Waals surface area contributed by atoms with Crippen molar-refractivity contribution in [1.82, 2.24) is 9.97 Å². The molecule has 0 aliphatic carbocycles. The Morgan fingerprint density at radius 1 is 0.889 bits per heavy atom. The lowest BCUT2D eigenvalue weighted by atomic mass is 10.1. The number of nitrogens with zero attached hydrogens (tertiary/aromatic N) is 2. The molecule has 3 rings (SSSR count). The van der Waals surface area contributed by atoms with Gasteiger partial charge in [0.2, 0.25) is 11.9 Å². The molecule has 0 saturated carbocycles. The standard InChI is InChI=1S/C21H23N5O/c1-13-7-5-10-19(15(13)3)25-20-11-14(2)22-21(26-20)24-18-9-6-8-17(12-18)23-16(4)27/h5-12H,1-4H3,(H,23,27)(H2,22,24,25,26). The Bertz CT molecular complexity index is 984. The van der Waals surface area contributed by atoms with Crippen LogP contribution in [0.1, 0.15) is 23.7 Å². The molecule has 138 valence electrons. The number of anilines is 5. The highest BCUT2D eigenvalue weighted by Crippen LogP contribution is 2.24. The van der Waals surface area contributed by atoms with Crippen molar-refractivity contribution in [1.29, 1.82) is 0 Å². The Kier molecular flexibility index (Phi) is 5.35. The Morgan fingerprint density at radius 2 is 1.63 bits per heavy atom. The van der Waals surface area contributed by atoms with Gasteiger partial charge in [0, 0.05) is 35.7 Å². The van der Waals surface area contributed by atoms with Crippen molar-refractivity contribution in [3.8, 4) is 0 Å². The van der Waals surface area contributed by atoms with Crippen LogP contribution in [-0.4, -0.2) is 15.9 Å². The summed E-state index contributed by atoms with van der Waals surface area (Å²) in [7, 11) is 0. The van der Waals surface area contributed by atoms with Crippen molar-refractivity contribution < 1.29 is 4.79 Å². The topological polar surface area (TPSA) is 78.9 Å². The molecule has 0 fully saturated rings. The van der Waals surface area contributed by atoms with E-state index in [1.807, 2.05) is 49.4 Å². The molecule has 6 nitrogen and oxygen atoms in total. The number of nitrogens with one attached hydrogen (secondary N) is 3. The van der Waals surface area contributed by atoms with Gasteiger partial charge in [-0.1, -0.05) is 18.2 Å². The third-order valence-corrected chi connectivity index (χ3v) is 4.16. The Hall–Kier alpha value is -3.41. The van der Waals surface area contributed by atoms with E-state index in [0.29, 0.717) is 11.6 Å². The van der Waals surface area contributed by atoms with Crippen LogP contribution in [0.5, 0.6) is 0 Å². The fourth-order valence-electron chi connectivity index (χ4n) is 2.72. The van der Waals surface area contributed by atoms with Crippen LogP contribution in [-0.2, 0) is 4.79 Å². The molecule has 0 saturated heterocycles. The van der Waals surface area contributed by atoms with Crippen molar-refractivity contribution in [2.24, 2.45) is 0 Å². The van der Waals surface area contributed by atoms with Crippen molar-refractivity contribution in [2.75, 3.05) is 16.0 Å². The van der Waals surface area contributed by atoms with Crippen molar-refractivity contribution >= 4 is 34.7 Å². The van der Waals surface area contributed by atoms with Gasteiger partial charge >= 0.3 is 0 Å². The molecule has 3 aromatic rings. The minimum atomic E-state index is -0.112. The third-order valence-electron chi connectivity index (χ3n) is 4.16. The van der Waals surface area contributed by atoms with Gasteiger partial charge in [0.05, 0.1) is 0 Å². The summed E-state index contributed by atoms with van der Waals surface area (Å²) in [6.45, 7) is 7.57. The lowest BCUT2D eigenvalue weighted by Crippen LogP contribution is -2.06. The summed E-state index contributed by atoms with van der Waals surface area (Å²) in [5, 5.41) is 9.33. The summed E-state index contributed by atoms with van der Waals surface area (Å²) in [4.78, 5) is 20.2. The monoisotopic (exact) mass is 361 g/mol. The van der Waals surface area contributed by atoms with E-state index < -0.39 is 0 Å². The maximum atomic E-state index is 11.2. The molecule has 0 bridgehead atoms. The number of carbonyl (C=O) groups excluding carboxylic acids is 1. The predicted octanol–water partition coefficient (Wildman–Crippen LogP) is 4.85. The maximum absolute atomic E-state index is 11.2. The summed E-state index contributed by atoms with van der Waals surface area (Å²) in [5.41, 5.74) is 5.79. The van der Waals surface area contributed by atoms with E-state index >= 15 is 0 Å². The lowest BCUT2D eigenvalue weighted by Gasteiger charge is -2.13. The summed E-state index contributed by atoms with van der Waals surface area (Å²) < 4.78 is 0. The van der Waals surface area contributed by atoms with E-state index in [1.54, 1.807) is 0 Å². The van der Waals surface area contributed by atoms with Gasteiger partial charge in [0.1, 0.15) is 5.82 Å². The van der Waals surface area contributed by atoms with E-state index in [1.165, 1.54) is 18.1 Å². The zero-order valence-corrected chi connectivity index (χ0v) is 15.9. The zero-order chi connectivity index (χ0) is 19.4. The average Bonchev–Trinajstić information content (AvgIpc) is 2.58. The fourth-order valence-corrected chi connectivity index (χ4v) is 2.72. The second kappa shape index (κ2) is 7.86. The van der Waals surface area contributed by atoms with Gasteiger partial charge in [-0.25, -0.2) is 4.98 Å². The number of aromatic nitrogens is 2. The number of hydrogen-bond donors (Lipinski definition) is 3. The van der Waals surface area contributed by atoms with E-state index in [0.717, 1.165) is 22.9 Å². The first-order valence-electron chi connectivity index (χ1n) is 8.74. The molecule has 6 heteroatoms. The van der Waals surface area contributed by atoms with Gasteiger partial charge in [-0.05, 0) is 56.2 Å². The number of aryl methyl sites for hydroxylation is 2. The predicted molar refractivity (Wildman–Crippen MR) is 110 cm³/mol. The quantitative estimate of drug-likeness (QED) is 0.605. The van der Waals surface area contributed by atoms with E-state index in [4.69, 9.17) is 0 Å². The molecule has 2 aromatic carbocycles. The van der Waals surface area contributed by atoms with Crippen molar-refractivity contribution in [2.45, 2.75) is 27.7 Å². The molecular formula is C21H23N5O. The van der Waals surface area contributed by atoms with Crippen LogP contribution in [0.3, 0.4) is 0 Å². The number of benzene rings is 2. The summed E-state index contributed by atoms with van der Waals surface area (Å²) in [5.74, 6) is 1.10. The van der Waals surface area contributed by atoms with Crippen molar-refractivity contribution in [3.05, 3.63) is 65.4 Å². The minimum Gasteiger partial charge on any atom is -0.340 e. The smallest absolute Gasteiger partial charge is 0.229 e. The molecule has 1 heterocycles. The molecule has 0 atom stereocenters. The normalized spacial score (nSPS) is 10.4. The SMILES string of the molecule is CC(=O)Nc1cccc(Nc2nc(C)cc(Nc3cccc(C)c3C)n2)c1.